The summed E-state index contributed by atoms with van der Waals surface area (Å²) in [5.41, 5.74) is 2.95. The number of hydrogen-bond acceptors (Lipinski definition) is 2. The number of carbonyl (C=O) groups excluding carboxylic acids is 1. The van der Waals surface area contributed by atoms with Crippen LogP contribution in [0, 0.1) is 5.82 Å². The maximum atomic E-state index is 13.4. The van der Waals surface area contributed by atoms with Gasteiger partial charge in [0.05, 0.1) is 0 Å². The Hall–Kier alpha value is -2.89. The molecule has 0 aromatic heterocycles. The smallest absolute Gasteiger partial charge is 0.253 e. The normalized spacial score (nSPS) is 15.7. The van der Waals surface area contributed by atoms with Crippen LogP contribution in [-0.2, 0) is 12.0 Å². The number of halogens is 1. The van der Waals surface area contributed by atoms with Crippen LogP contribution >= 0.6 is 0 Å². The zero-order valence-corrected chi connectivity index (χ0v) is 18.0. The summed E-state index contributed by atoms with van der Waals surface area (Å²) in [5.74, 6) is 0.530. The van der Waals surface area contributed by atoms with Crippen molar-refractivity contribution in [2.75, 3.05) is 27.7 Å². The first-order valence-corrected chi connectivity index (χ1v) is 10.4. The van der Waals surface area contributed by atoms with Gasteiger partial charge in [0.2, 0.25) is 0 Å². The summed E-state index contributed by atoms with van der Waals surface area (Å²) in [6.45, 7) is 1.37. The number of amides is 1. The number of rotatable bonds is 6. The van der Waals surface area contributed by atoms with Crippen LogP contribution in [0.5, 0.6) is 0 Å². The molecular weight excluding hydrogens is 379 g/mol. The topological polar surface area (TPSA) is 56.7 Å². The van der Waals surface area contributed by atoms with Gasteiger partial charge in [-0.2, -0.15) is 0 Å². The van der Waals surface area contributed by atoms with Crippen molar-refractivity contribution >= 4 is 11.9 Å². The van der Waals surface area contributed by atoms with E-state index >= 15 is 0 Å². The number of benzene rings is 2. The van der Waals surface area contributed by atoms with E-state index in [1.54, 1.807) is 38.2 Å². The maximum Gasteiger partial charge on any atom is 0.253 e. The Morgan fingerprint density at radius 1 is 1.03 bits per heavy atom. The van der Waals surface area contributed by atoms with Crippen LogP contribution in [-0.4, -0.2) is 44.5 Å². The average Bonchev–Trinajstić information content (AvgIpc) is 3.24. The third-order valence-corrected chi connectivity index (χ3v) is 5.90. The molecule has 0 aliphatic heterocycles. The van der Waals surface area contributed by atoms with Gasteiger partial charge in [0.1, 0.15) is 5.82 Å². The second kappa shape index (κ2) is 9.74. The Balaban J connectivity index is 1.59. The monoisotopic (exact) mass is 410 g/mol. The van der Waals surface area contributed by atoms with Crippen LogP contribution < -0.4 is 10.6 Å². The van der Waals surface area contributed by atoms with Gasteiger partial charge in [0, 0.05) is 45.2 Å². The Labute approximate surface area is 178 Å². The number of hydrogen-bond donors (Lipinski definition) is 2. The number of aliphatic imine (C=N–C) groups is 1. The van der Waals surface area contributed by atoms with Crippen LogP contribution in [0.4, 0.5) is 4.39 Å². The molecule has 1 aliphatic carbocycles. The SMILES string of the molecule is CN=C(NCc1ccc(C(=O)N(C)C)cc1)NCC1(c2ccc(F)cc2)CCCC1. The third-order valence-electron chi connectivity index (χ3n) is 5.90. The highest BCUT2D eigenvalue weighted by molar-refractivity contribution is 5.93. The molecule has 0 radical (unpaired) electrons. The number of nitrogens with one attached hydrogen (secondary N) is 2. The number of guanidine groups is 1. The van der Waals surface area contributed by atoms with Crippen molar-refractivity contribution in [2.45, 2.75) is 37.6 Å². The molecule has 6 heteroatoms. The van der Waals surface area contributed by atoms with E-state index in [-0.39, 0.29) is 17.1 Å². The fourth-order valence-electron chi connectivity index (χ4n) is 4.11. The summed E-state index contributed by atoms with van der Waals surface area (Å²) in [6.07, 6.45) is 4.54. The van der Waals surface area contributed by atoms with Gasteiger partial charge in [-0.05, 0) is 48.2 Å². The minimum atomic E-state index is -0.198. The molecular formula is C24H31FN4O. The fraction of sp³-hybridized carbons (Fsp3) is 0.417. The minimum absolute atomic E-state index is 0.00496. The van der Waals surface area contributed by atoms with Crippen molar-refractivity contribution < 1.29 is 9.18 Å². The lowest BCUT2D eigenvalue weighted by Gasteiger charge is -2.31. The van der Waals surface area contributed by atoms with Gasteiger partial charge in [0.25, 0.3) is 5.91 Å². The summed E-state index contributed by atoms with van der Waals surface area (Å²) in [5, 5.41) is 6.81. The minimum Gasteiger partial charge on any atom is -0.356 e. The molecule has 0 saturated heterocycles. The predicted molar refractivity (Wildman–Crippen MR) is 119 cm³/mol. The van der Waals surface area contributed by atoms with E-state index in [9.17, 15) is 9.18 Å². The molecule has 1 saturated carbocycles. The largest absolute Gasteiger partial charge is 0.356 e. The van der Waals surface area contributed by atoms with Gasteiger partial charge in [0.15, 0.2) is 5.96 Å². The van der Waals surface area contributed by atoms with Crippen LogP contribution in [0.15, 0.2) is 53.5 Å². The lowest BCUT2D eigenvalue weighted by atomic mass is 9.79. The predicted octanol–water partition coefficient (Wildman–Crippen LogP) is 3.70. The van der Waals surface area contributed by atoms with E-state index in [4.69, 9.17) is 0 Å². The van der Waals surface area contributed by atoms with E-state index in [0.29, 0.717) is 12.1 Å². The summed E-state index contributed by atoms with van der Waals surface area (Å²) < 4.78 is 13.4. The van der Waals surface area contributed by atoms with Crippen molar-refractivity contribution in [3.05, 3.63) is 71.0 Å². The number of carbonyl (C=O) groups is 1. The number of nitrogens with zero attached hydrogens (tertiary/aromatic N) is 2. The quantitative estimate of drug-likeness (QED) is 0.564. The van der Waals surface area contributed by atoms with Crippen LogP contribution in [0.3, 0.4) is 0 Å². The zero-order valence-electron chi connectivity index (χ0n) is 18.0. The Morgan fingerprint density at radius 3 is 2.23 bits per heavy atom. The first-order chi connectivity index (χ1) is 14.4. The average molecular weight is 411 g/mol. The van der Waals surface area contributed by atoms with Gasteiger partial charge in [-0.25, -0.2) is 4.39 Å². The molecule has 2 aromatic rings. The molecule has 2 aromatic carbocycles. The standard InChI is InChI=1S/C24H31FN4O/c1-26-23(27-16-18-6-8-19(9-7-18)22(30)29(2)3)28-17-24(14-4-5-15-24)20-10-12-21(25)13-11-20/h6-13H,4-5,14-17H2,1-3H3,(H2,26,27,28). The molecule has 160 valence electrons. The summed E-state index contributed by atoms with van der Waals surface area (Å²) >= 11 is 0. The highest BCUT2D eigenvalue weighted by Crippen LogP contribution is 2.40. The first-order valence-electron chi connectivity index (χ1n) is 10.4. The second-order valence-electron chi connectivity index (χ2n) is 8.17. The Morgan fingerprint density at radius 2 is 1.67 bits per heavy atom. The molecule has 0 bridgehead atoms. The van der Waals surface area contributed by atoms with Gasteiger partial charge in [-0.1, -0.05) is 37.1 Å². The molecule has 1 aliphatic rings. The molecule has 1 amide bonds. The molecule has 0 unspecified atom stereocenters. The fourth-order valence-corrected chi connectivity index (χ4v) is 4.11. The van der Waals surface area contributed by atoms with Crippen LogP contribution in [0.1, 0.15) is 47.2 Å². The lowest BCUT2D eigenvalue weighted by molar-refractivity contribution is 0.0827. The molecule has 0 heterocycles. The third kappa shape index (κ3) is 5.17. The molecule has 5 nitrogen and oxygen atoms in total. The Bertz CT molecular complexity index is 869. The van der Waals surface area contributed by atoms with Gasteiger partial charge >= 0.3 is 0 Å². The van der Waals surface area contributed by atoms with Crippen molar-refractivity contribution in [3.8, 4) is 0 Å². The van der Waals surface area contributed by atoms with E-state index in [0.717, 1.165) is 30.9 Å². The van der Waals surface area contributed by atoms with E-state index in [2.05, 4.69) is 15.6 Å². The highest BCUT2D eigenvalue weighted by atomic mass is 19.1. The van der Waals surface area contributed by atoms with Gasteiger partial charge in [-0.15, -0.1) is 0 Å². The highest BCUT2D eigenvalue weighted by Gasteiger charge is 2.35. The molecule has 0 spiro atoms. The zero-order chi connectivity index (χ0) is 21.6. The van der Waals surface area contributed by atoms with Crippen molar-refractivity contribution in [1.82, 2.24) is 15.5 Å². The lowest BCUT2D eigenvalue weighted by Crippen LogP contribution is -2.44. The summed E-state index contributed by atoms with van der Waals surface area (Å²) in [7, 11) is 5.25. The Kier molecular flexibility index (Phi) is 7.08. The summed E-state index contributed by atoms with van der Waals surface area (Å²) in [4.78, 5) is 17.9. The second-order valence-corrected chi connectivity index (χ2v) is 8.17. The van der Waals surface area contributed by atoms with E-state index in [1.807, 2.05) is 36.4 Å². The molecule has 3 rings (SSSR count). The van der Waals surface area contributed by atoms with Crippen LogP contribution in [0.25, 0.3) is 0 Å². The molecule has 0 atom stereocenters. The van der Waals surface area contributed by atoms with Crippen LogP contribution in [0.2, 0.25) is 0 Å². The molecule has 2 N–H and O–H groups in total. The van der Waals surface area contributed by atoms with Crippen molar-refractivity contribution in [1.29, 1.82) is 0 Å². The molecule has 1 fully saturated rings. The van der Waals surface area contributed by atoms with Crippen molar-refractivity contribution in [3.63, 3.8) is 0 Å². The van der Waals surface area contributed by atoms with Gasteiger partial charge in [-0.3, -0.25) is 9.79 Å². The first kappa shape index (κ1) is 21.8. The van der Waals surface area contributed by atoms with E-state index in [1.165, 1.54) is 18.4 Å². The van der Waals surface area contributed by atoms with Crippen molar-refractivity contribution in [2.24, 2.45) is 4.99 Å². The van der Waals surface area contributed by atoms with E-state index < -0.39 is 0 Å². The molecule has 30 heavy (non-hydrogen) atoms. The maximum absolute atomic E-state index is 13.4. The summed E-state index contributed by atoms with van der Waals surface area (Å²) in [6, 6.07) is 14.5. The van der Waals surface area contributed by atoms with Gasteiger partial charge < -0.3 is 15.5 Å².